The van der Waals surface area contributed by atoms with Crippen LogP contribution >= 0.6 is 0 Å². The summed E-state index contributed by atoms with van der Waals surface area (Å²) < 4.78 is 13.6. The van der Waals surface area contributed by atoms with Gasteiger partial charge in [-0.15, -0.1) is 0 Å². The quantitative estimate of drug-likeness (QED) is 0.782. The van der Waals surface area contributed by atoms with E-state index < -0.39 is 0 Å². The Morgan fingerprint density at radius 2 is 1.88 bits per heavy atom. The van der Waals surface area contributed by atoms with E-state index in [1.807, 2.05) is 19.1 Å². The predicted molar refractivity (Wildman–Crippen MR) is 69.5 cm³/mol. The molecule has 1 aromatic rings. The molecule has 1 N–H and O–H groups in total. The van der Waals surface area contributed by atoms with E-state index in [0.717, 1.165) is 11.1 Å². The van der Waals surface area contributed by atoms with Gasteiger partial charge in [-0.1, -0.05) is 37.8 Å². The average molecular weight is 235 g/mol. The van der Waals surface area contributed by atoms with Crippen molar-refractivity contribution in [3.8, 4) is 0 Å². The maximum absolute atomic E-state index is 13.6. The van der Waals surface area contributed by atoms with Crippen LogP contribution in [0.3, 0.4) is 0 Å². The second kappa shape index (κ2) is 6.15. The summed E-state index contributed by atoms with van der Waals surface area (Å²) in [6, 6.07) is 6.07. The highest BCUT2D eigenvalue weighted by atomic mass is 19.1. The van der Waals surface area contributed by atoms with Crippen LogP contribution in [-0.2, 0) is 6.54 Å². The van der Waals surface area contributed by atoms with Gasteiger partial charge in [0.05, 0.1) is 0 Å². The van der Waals surface area contributed by atoms with E-state index in [9.17, 15) is 4.39 Å². The van der Waals surface area contributed by atoms with Crippen molar-refractivity contribution in [3.63, 3.8) is 0 Å². The molecule has 1 saturated carbocycles. The molecule has 0 amide bonds. The Morgan fingerprint density at radius 3 is 2.53 bits per heavy atom. The third-order valence-electron chi connectivity index (χ3n) is 3.64. The largest absolute Gasteiger partial charge is 0.310 e. The monoisotopic (exact) mass is 235 g/mol. The lowest BCUT2D eigenvalue weighted by atomic mass is 10.1. The molecule has 1 aliphatic carbocycles. The van der Waals surface area contributed by atoms with Gasteiger partial charge in [-0.3, -0.25) is 0 Å². The first kappa shape index (κ1) is 12.6. The number of hydrogen-bond acceptors (Lipinski definition) is 1. The van der Waals surface area contributed by atoms with Gasteiger partial charge in [-0.2, -0.15) is 0 Å². The van der Waals surface area contributed by atoms with Gasteiger partial charge in [0, 0.05) is 18.2 Å². The van der Waals surface area contributed by atoms with Gasteiger partial charge in [-0.05, 0) is 31.4 Å². The van der Waals surface area contributed by atoms with Crippen molar-refractivity contribution in [1.29, 1.82) is 0 Å². The Labute approximate surface area is 103 Å². The molecule has 94 valence electrons. The van der Waals surface area contributed by atoms with E-state index in [1.54, 1.807) is 6.07 Å². The lowest BCUT2D eigenvalue weighted by Gasteiger charge is -2.16. The Hall–Kier alpha value is -0.890. The van der Waals surface area contributed by atoms with Crippen LogP contribution in [-0.4, -0.2) is 6.04 Å². The van der Waals surface area contributed by atoms with Crippen molar-refractivity contribution < 1.29 is 4.39 Å². The molecule has 0 saturated heterocycles. The van der Waals surface area contributed by atoms with Crippen molar-refractivity contribution in [2.75, 3.05) is 0 Å². The van der Waals surface area contributed by atoms with Crippen LogP contribution in [0, 0.1) is 12.7 Å². The highest BCUT2D eigenvalue weighted by Crippen LogP contribution is 2.18. The Kier molecular flexibility index (Phi) is 4.55. The minimum Gasteiger partial charge on any atom is -0.310 e. The van der Waals surface area contributed by atoms with Crippen LogP contribution in [0.25, 0.3) is 0 Å². The van der Waals surface area contributed by atoms with Crippen LogP contribution in [0.4, 0.5) is 4.39 Å². The summed E-state index contributed by atoms with van der Waals surface area (Å²) in [4.78, 5) is 0. The number of aryl methyl sites for hydroxylation is 1. The molecule has 0 bridgehead atoms. The van der Waals surface area contributed by atoms with Crippen molar-refractivity contribution in [2.45, 2.75) is 58.0 Å². The van der Waals surface area contributed by atoms with Gasteiger partial charge >= 0.3 is 0 Å². The Balaban J connectivity index is 1.88. The number of halogens is 1. The number of nitrogens with one attached hydrogen (secondary N) is 1. The first-order valence-electron chi connectivity index (χ1n) is 6.74. The Morgan fingerprint density at radius 1 is 1.18 bits per heavy atom. The highest BCUT2D eigenvalue weighted by molar-refractivity contribution is 5.23. The standard InChI is InChI=1S/C15H22FN/c1-12-8-9-13(15(16)10-12)11-17-14-6-4-2-3-5-7-14/h8-10,14,17H,2-7,11H2,1H3. The molecule has 17 heavy (non-hydrogen) atoms. The van der Waals surface area contributed by atoms with Crippen LogP contribution in [0.15, 0.2) is 18.2 Å². The maximum Gasteiger partial charge on any atom is 0.127 e. The molecule has 1 aromatic carbocycles. The third-order valence-corrected chi connectivity index (χ3v) is 3.64. The van der Waals surface area contributed by atoms with Crippen molar-refractivity contribution in [3.05, 3.63) is 35.1 Å². The van der Waals surface area contributed by atoms with E-state index in [2.05, 4.69) is 5.32 Å². The van der Waals surface area contributed by atoms with Gasteiger partial charge in [0.1, 0.15) is 5.82 Å². The van der Waals surface area contributed by atoms with Crippen molar-refractivity contribution in [2.24, 2.45) is 0 Å². The molecule has 1 fully saturated rings. The Bertz CT molecular complexity index is 354. The van der Waals surface area contributed by atoms with E-state index in [0.29, 0.717) is 12.6 Å². The second-order valence-electron chi connectivity index (χ2n) is 5.16. The molecule has 0 unspecified atom stereocenters. The topological polar surface area (TPSA) is 12.0 Å². The first-order valence-corrected chi connectivity index (χ1v) is 6.74. The number of benzene rings is 1. The predicted octanol–water partition coefficient (Wildman–Crippen LogP) is 3.95. The maximum atomic E-state index is 13.6. The van der Waals surface area contributed by atoms with Crippen molar-refractivity contribution >= 4 is 0 Å². The molecular weight excluding hydrogens is 213 g/mol. The first-order chi connectivity index (χ1) is 8.25. The zero-order valence-corrected chi connectivity index (χ0v) is 10.6. The zero-order chi connectivity index (χ0) is 12.1. The van der Waals surface area contributed by atoms with E-state index in [4.69, 9.17) is 0 Å². The lowest BCUT2D eigenvalue weighted by Crippen LogP contribution is -2.28. The molecule has 0 aromatic heterocycles. The summed E-state index contributed by atoms with van der Waals surface area (Å²) >= 11 is 0. The molecule has 1 aliphatic rings. The van der Waals surface area contributed by atoms with Crippen LogP contribution in [0.5, 0.6) is 0 Å². The fourth-order valence-corrected chi connectivity index (χ4v) is 2.53. The molecule has 0 radical (unpaired) electrons. The van der Waals surface area contributed by atoms with Gasteiger partial charge in [0.2, 0.25) is 0 Å². The summed E-state index contributed by atoms with van der Waals surface area (Å²) in [5, 5.41) is 3.50. The molecule has 0 spiro atoms. The summed E-state index contributed by atoms with van der Waals surface area (Å²) in [5.74, 6) is -0.0777. The highest BCUT2D eigenvalue weighted by Gasteiger charge is 2.12. The van der Waals surface area contributed by atoms with Gasteiger partial charge in [-0.25, -0.2) is 4.39 Å². The van der Waals surface area contributed by atoms with Crippen LogP contribution < -0.4 is 5.32 Å². The smallest absolute Gasteiger partial charge is 0.127 e. The fraction of sp³-hybridized carbons (Fsp3) is 0.600. The average Bonchev–Trinajstić information content (AvgIpc) is 2.56. The molecule has 0 aliphatic heterocycles. The molecule has 0 heterocycles. The molecular formula is C15H22FN. The summed E-state index contributed by atoms with van der Waals surface area (Å²) in [6.45, 7) is 2.59. The van der Waals surface area contributed by atoms with E-state index in [-0.39, 0.29) is 5.82 Å². The van der Waals surface area contributed by atoms with Gasteiger partial charge in [0.25, 0.3) is 0 Å². The second-order valence-corrected chi connectivity index (χ2v) is 5.16. The van der Waals surface area contributed by atoms with E-state index >= 15 is 0 Å². The van der Waals surface area contributed by atoms with Gasteiger partial charge in [0.15, 0.2) is 0 Å². The fourth-order valence-electron chi connectivity index (χ4n) is 2.53. The number of hydrogen-bond donors (Lipinski definition) is 1. The summed E-state index contributed by atoms with van der Waals surface area (Å²) in [7, 11) is 0. The summed E-state index contributed by atoms with van der Waals surface area (Å²) in [5.41, 5.74) is 1.78. The number of rotatable bonds is 3. The third kappa shape index (κ3) is 3.81. The molecule has 2 rings (SSSR count). The van der Waals surface area contributed by atoms with Crippen LogP contribution in [0.2, 0.25) is 0 Å². The summed E-state index contributed by atoms with van der Waals surface area (Å²) in [6.07, 6.45) is 7.83. The SMILES string of the molecule is Cc1ccc(CNC2CCCCCC2)c(F)c1. The zero-order valence-electron chi connectivity index (χ0n) is 10.6. The minimum absolute atomic E-state index is 0.0777. The minimum atomic E-state index is -0.0777. The van der Waals surface area contributed by atoms with Crippen molar-refractivity contribution in [1.82, 2.24) is 5.32 Å². The van der Waals surface area contributed by atoms with Gasteiger partial charge < -0.3 is 5.32 Å². The normalized spacial score (nSPS) is 18.0. The lowest BCUT2D eigenvalue weighted by molar-refractivity contribution is 0.452. The molecule has 2 heteroatoms. The van der Waals surface area contributed by atoms with Crippen LogP contribution in [0.1, 0.15) is 49.7 Å². The van der Waals surface area contributed by atoms with E-state index in [1.165, 1.54) is 38.5 Å². The molecule has 1 nitrogen and oxygen atoms in total. The molecule has 0 atom stereocenters.